The molecular weight excluding hydrogens is 449 g/mol. The first kappa shape index (κ1) is 22.7. The van der Waals surface area contributed by atoms with Crippen molar-refractivity contribution in [3.8, 4) is 16.9 Å². The van der Waals surface area contributed by atoms with Crippen LogP contribution in [0.5, 0.6) is 5.75 Å². The molecule has 3 aromatic carbocycles. The summed E-state index contributed by atoms with van der Waals surface area (Å²) in [5.74, 6) is -2.78. The van der Waals surface area contributed by atoms with Crippen LogP contribution in [0.25, 0.3) is 11.1 Å². The Bertz CT molecular complexity index is 1230. The molecule has 0 radical (unpaired) electrons. The minimum Gasteiger partial charge on any atom is -0.478 e. The van der Waals surface area contributed by atoms with E-state index in [-0.39, 0.29) is 24.4 Å². The second-order valence-electron chi connectivity index (χ2n) is 7.48. The summed E-state index contributed by atoms with van der Waals surface area (Å²) in [4.78, 5) is 12.5. The summed E-state index contributed by atoms with van der Waals surface area (Å²) in [7, 11) is 0. The summed E-state index contributed by atoms with van der Waals surface area (Å²) >= 11 is 0. The number of hydrogen-bond donors (Lipinski definition) is 2. The zero-order chi connectivity index (χ0) is 23.9. The van der Waals surface area contributed by atoms with Crippen molar-refractivity contribution >= 4 is 5.97 Å². The van der Waals surface area contributed by atoms with Gasteiger partial charge in [0.1, 0.15) is 30.3 Å². The van der Waals surface area contributed by atoms with Crippen LogP contribution in [-0.2, 0) is 12.7 Å². The van der Waals surface area contributed by atoms with Crippen LogP contribution in [0.2, 0.25) is 0 Å². The second-order valence-corrected chi connectivity index (χ2v) is 7.48. The number of ether oxygens (including phenoxy) is 1. The van der Waals surface area contributed by atoms with Gasteiger partial charge in [0.25, 0.3) is 0 Å². The highest BCUT2D eigenvalue weighted by molar-refractivity contribution is 5.89. The Balaban J connectivity index is 1.61. The third-order valence-corrected chi connectivity index (χ3v) is 5.25. The molecule has 0 amide bonds. The number of nitrogens with zero attached hydrogens (tertiary/aromatic N) is 1. The highest BCUT2D eigenvalue weighted by Crippen LogP contribution is 2.35. The standard InChI is InChI=1S/C23H16F5NO4/c24-17-7-13(6-14(8-17)22(31)32)12-1-4-20-15(5-12)10-29(11-33-20)21(30)18-3-2-16(9-19(18)25)23(26,27)28/h1-9,21,30H,10-11H2,(H,31,32). The molecule has 0 spiro atoms. The molecule has 0 fully saturated rings. The second kappa shape index (κ2) is 8.45. The summed E-state index contributed by atoms with van der Waals surface area (Å²) < 4.78 is 72.1. The number of benzene rings is 3. The summed E-state index contributed by atoms with van der Waals surface area (Å²) in [5.41, 5.74) is -0.419. The Morgan fingerprint density at radius 1 is 1.00 bits per heavy atom. The van der Waals surface area contributed by atoms with Crippen LogP contribution in [-0.4, -0.2) is 27.8 Å². The zero-order valence-electron chi connectivity index (χ0n) is 16.7. The number of carbonyl (C=O) groups is 1. The van der Waals surface area contributed by atoms with Crippen LogP contribution < -0.4 is 4.74 Å². The predicted octanol–water partition coefficient (Wildman–Crippen LogP) is 5.19. The number of aliphatic hydroxyl groups excluding tert-OH is 1. The molecule has 172 valence electrons. The topological polar surface area (TPSA) is 70.0 Å². The molecule has 1 aliphatic heterocycles. The average molecular weight is 465 g/mol. The van der Waals surface area contributed by atoms with E-state index in [1.165, 1.54) is 17.0 Å². The van der Waals surface area contributed by atoms with E-state index in [0.717, 1.165) is 12.1 Å². The van der Waals surface area contributed by atoms with Crippen molar-refractivity contribution in [2.75, 3.05) is 6.73 Å². The van der Waals surface area contributed by atoms with Crippen molar-refractivity contribution < 1.29 is 41.7 Å². The van der Waals surface area contributed by atoms with E-state index in [2.05, 4.69) is 0 Å². The lowest BCUT2D eigenvalue weighted by atomic mass is 9.99. The SMILES string of the molecule is O=C(O)c1cc(F)cc(-c2ccc3c(c2)CN(C(O)c2ccc(C(F)(F)F)cc2F)CO3)c1. The van der Waals surface area contributed by atoms with Gasteiger partial charge in [-0.3, -0.25) is 0 Å². The summed E-state index contributed by atoms with van der Waals surface area (Å²) in [6.07, 6.45) is -6.30. The Morgan fingerprint density at radius 2 is 1.76 bits per heavy atom. The van der Waals surface area contributed by atoms with Crippen LogP contribution in [0.4, 0.5) is 22.0 Å². The number of fused-ring (bicyclic) bond motifs is 1. The first-order chi connectivity index (χ1) is 15.5. The number of carboxylic acid groups (broad SMARTS) is 1. The molecule has 3 aromatic rings. The number of hydrogen-bond acceptors (Lipinski definition) is 4. The van der Waals surface area contributed by atoms with Gasteiger partial charge in [-0.25, -0.2) is 18.5 Å². The van der Waals surface area contributed by atoms with Crippen molar-refractivity contribution in [1.29, 1.82) is 0 Å². The van der Waals surface area contributed by atoms with Gasteiger partial charge in [-0.1, -0.05) is 12.1 Å². The minimum atomic E-state index is -4.72. The molecule has 4 rings (SSSR count). The van der Waals surface area contributed by atoms with E-state index >= 15 is 0 Å². The molecule has 1 aliphatic rings. The fourth-order valence-electron chi connectivity index (χ4n) is 3.59. The van der Waals surface area contributed by atoms with Gasteiger partial charge >= 0.3 is 12.1 Å². The molecule has 2 N–H and O–H groups in total. The molecular formula is C23H16F5NO4. The van der Waals surface area contributed by atoms with E-state index in [9.17, 15) is 31.9 Å². The van der Waals surface area contributed by atoms with Gasteiger partial charge in [0, 0.05) is 17.7 Å². The van der Waals surface area contributed by atoms with Crippen molar-refractivity contribution in [2.45, 2.75) is 18.9 Å². The van der Waals surface area contributed by atoms with Gasteiger partial charge in [-0.15, -0.1) is 0 Å². The van der Waals surface area contributed by atoms with E-state index in [1.54, 1.807) is 18.2 Å². The lowest BCUT2D eigenvalue weighted by Gasteiger charge is -2.33. The molecule has 0 bridgehead atoms. The largest absolute Gasteiger partial charge is 0.478 e. The molecule has 10 heteroatoms. The van der Waals surface area contributed by atoms with Gasteiger partial charge in [-0.05, 0) is 53.6 Å². The van der Waals surface area contributed by atoms with Crippen molar-refractivity contribution in [2.24, 2.45) is 0 Å². The fourth-order valence-corrected chi connectivity index (χ4v) is 3.59. The molecule has 1 unspecified atom stereocenters. The van der Waals surface area contributed by atoms with Crippen molar-refractivity contribution in [3.63, 3.8) is 0 Å². The molecule has 1 atom stereocenters. The molecule has 33 heavy (non-hydrogen) atoms. The summed E-state index contributed by atoms with van der Waals surface area (Å²) in [5, 5.41) is 19.7. The highest BCUT2D eigenvalue weighted by atomic mass is 19.4. The van der Waals surface area contributed by atoms with Gasteiger partial charge in [0.15, 0.2) is 0 Å². The predicted molar refractivity (Wildman–Crippen MR) is 106 cm³/mol. The molecule has 1 heterocycles. The molecule has 0 saturated carbocycles. The maximum Gasteiger partial charge on any atom is 0.416 e. The Hall–Kier alpha value is -3.50. The Labute approximate surface area is 184 Å². The van der Waals surface area contributed by atoms with Gasteiger partial charge in [-0.2, -0.15) is 13.2 Å². The number of alkyl halides is 3. The first-order valence-electron chi connectivity index (χ1n) is 9.61. The quantitative estimate of drug-likeness (QED) is 0.519. The number of aromatic carboxylic acids is 1. The molecule has 0 aromatic heterocycles. The molecule has 0 saturated heterocycles. The Kier molecular flexibility index (Phi) is 5.81. The maximum absolute atomic E-state index is 14.3. The third kappa shape index (κ3) is 4.67. The van der Waals surface area contributed by atoms with Crippen molar-refractivity contribution in [1.82, 2.24) is 4.90 Å². The van der Waals surface area contributed by atoms with E-state index in [0.29, 0.717) is 34.6 Å². The molecule has 0 aliphatic carbocycles. The smallest absolute Gasteiger partial charge is 0.416 e. The van der Waals surface area contributed by atoms with Crippen LogP contribution in [0, 0.1) is 11.6 Å². The van der Waals surface area contributed by atoms with Crippen molar-refractivity contribution in [3.05, 3.63) is 88.5 Å². The van der Waals surface area contributed by atoms with E-state index < -0.39 is 35.6 Å². The number of halogens is 5. The normalized spacial score (nSPS) is 15.0. The number of rotatable bonds is 4. The monoisotopic (exact) mass is 465 g/mol. The summed E-state index contributed by atoms with van der Waals surface area (Å²) in [6, 6.07) is 10.1. The average Bonchev–Trinajstić information content (AvgIpc) is 2.76. The maximum atomic E-state index is 14.3. The molecule has 5 nitrogen and oxygen atoms in total. The lowest BCUT2D eigenvalue weighted by Crippen LogP contribution is -2.35. The van der Waals surface area contributed by atoms with Crippen LogP contribution >= 0.6 is 0 Å². The minimum absolute atomic E-state index is 0.0475. The lowest BCUT2D eigenvalue weighted by molar-refractivity contribution is -0.137. The fraction of sp³-hybridized carbons (Fsp3) is 0.174. The van der Waals surface area contributed by atoms with Gasteiger partial charge < -0.3 is 14.9 Å². The van der Waals surface area contributed by atoms with Crippen LogP contribution in [0.1, 0.15) is 33.3 Å². The summed E-state index contributed by atoms with van der Waals surface area (Å²) in [6.45, 7) is -0.108. The van der Waals surface area contributed by atoms with E-state index in [4.69, 9.17) is 9.84 Å². The van der Waals surface area contributed by atoms with Gasteiger partial charge in [0.05, 0.1) is 11.1 Å². The van der Waals surface area contributed by atoms with Crippen LogP contribution in [0.15, 0.2) is 54.6 Å². The van der Waals surface area contributed by atoms with Crippen LogP contribution in [0.3, 0.4) is 0 Å². The number of aliphatic hydroxyl groups is 1. The first-order valence-corrected chi connectivity index (χ1v) is 9.61. The Morgan fingerprint density at radius 3 is 2.42 bits per heavy atom. The van der Waals surface area contributed by atoms with E-state index in [1.807, 2.05) is 0 Å². The zero-order valence-corrected chi connectivity index (χ0v) is 16.7. The number of carboxylic acids is 1. The third-order valence-electron chi connectivity index (χ3n) is 5.25. The highest BCUT2D eigenvalue weighted by Gasteiger charge is 2.33. The van der Waals surface area contributed by atoms with Gasteiger partial charge in [0.2, 0.25) is 0 Å².